The van der Waals surface area contributed by atoms with Gasteiger partial charge in [-0.2, -0.15) is 0 Å². The number of hydrogen-bond acceptors (Lipinski definition) is 3. The summed E-state index contributed by atoms with van der Waals surface area (Å²) in [7, 11) is 0. The zero-order valence-corrected chi connectivity index (χ0v) is 15.9. The van der Waals surface area contributed by atoms with Gasteiger partial charge in [-0.15, -0.1) is 0 Å². The van der Waals surface area contributed by atoms with Crippen LogP contribution in [-0.2, 0) is 0 Å². The molecule has 1 N–H and O–H groups in total. The van der Waals surface area contributed by atoms with Gasteiger partial charge in [0.25, 0.3) is 5.91 Å². The van der Waals surface area contributed by atoms with Crippen molar-refractivity contribution in [3.05, 3.63) is 71.8 Å². The second-order valence-corrected chi connectivity index (χ2v) is 7.05. The van der Waals surface area contributed by atoms with Crippen LogP contribution in [0.3, 0.4) is 0 Å². The number of fused-ring (bicyclic) bond motifs is 2. The number of carbonyl (C=O) groups is 1. The number of ether oxygens (including phenoxy) is 1. The molecule has 4 heteroatoms. The van der Waals surface area contributed by atoms with Gasteiger partial charge in [0.1, 0.15) is 11.9 Å². The number of hydrogen-bond donors (Lipinski definition) is 1. The normalized spacial score (nSPS) is 16.4. The monoisotopic (exact) mass is 360 g/mol. The number of para-hydroxylation sites is 1. The van der Waals surface area contributed by atoms with Gasteiger partial charge in [0.2, 0.25) is 0 Å². The Bertz CT molecular complexity index is 997. The van der Waals surface area contributed by atoms with Crippen LogP contribution in [0.2, 0.25) is 0 Å². The van der Waals surface area contributed by atoms with E-state index in [0.717, 1.165) is 27.8 Å². The molecule has 0 saturated carbocycles. The van der Waals surface area contributed by atoms with Crippen molar-refractivity contribution in [2.24, 2.45) is 0 Å². The fraction of sp³-hybridized carbons (Fsp3) is 0.261. The first kappa shape index (κ1) is 17.4. The van der Waals surface area contributed by atoms with Crippen molar-refractivity contribution in [2.45, 2.75) is 33.0 Å². The largest absolute Gasteiger partial charge is 0.491 e. The lowest BCUT2D eigenvalue weighted by molar-refractivity contribution is 0.0693. The van der Waals surface area contributed by atoms with Crippen molar-refractivity contribution in [3.63, 3.8) is 0 Å². The average molecular weight is 360 g/mol. The van der Waals surface area contributed by atoms with Gasteiger partial charge >= 0.3 is 0 Å². The molecule has 1 aliphatic heterocycles. The van der Waals surface area contributed by atoms with Crippen molar-refractivity contribution < 1.29 is 9.53 Å². The first-order chi connectivity index (χ1) is 13.1. The lowest BCUT2D eigenvalue weighted by Gasteiger charge is -2.38. The first-order valence-corrected chi connectivity index (χ1v) is 9.45. The predicted octanol–water partition coefficient (Wildman–Crippen LogP) is 5.21. The smallest absolute Gasteiger partial charge is 0.257 e. The lowest BCUT2D eigenvalue weighted by Crippen LogP contribution is -2.43. The van der Waals surface area contributed by atoms with Crippen LogP contribution in [0, 0.1) is 0 Å². The third-order valence-electron chi connectivity index (χ3n) is 4.93. The number of benzene rings is 3. The molecule has 1 atom stereocenters. The average Bonchev–Trinajstić information content (AvgIpc) is 2.67. The highest BCUT2D eigenvalue weighted by Gasteiger charge is 2.34. The molecule has 1 heterocycles. The Hall–Kier alpha value is -3.01. The maximum atomic E-state index is 13.1. The Morgan fingerprint density at radius 3 is 2.56 bits per heavy atom. The number of amides is 1. The summed E-state index contributed by atoms with van der Waals surface area (Å²) in [6.07, 6.45) is -0.233. The van der Waals surface area contributed by atoms with E-state index in [1.807, 2.05) is 68.1 Å². The quantitative estimate of drug-likeness (QED) is 0.694. The number of rotatable bonds is 4. The Morgan fingerprint density at radius 1 is 1.04 bits per heavy atom. The summed E-state index contributed by atoms with van der Waals surface area (Å²) in [5.41, 5.74) is 2.58. The topological polar surface area (TPSA) is 41.6 Å². The van der Waals surface area contributed by atoms with Crippen LogP contribution < -0.4 is 10.1 Å². The third kappa shape index (κ3) is 3.01. The van der Waals surface area contributed by atoms with Gasteiger partial charge in [0, 0.05) is 17.8 Å². The molecule has 0 fully saturated rings. The molecule has 138 valence electrons. The van der Waals surface area contributed by atoms with Gasteiger partial charge in [-0.25, -0.2) is 0 Å². The molecule has 1 unspecified atom stereocenters. The van der Waals surface area contributed by atoms with Crippen LogP contribution in [0.25, 0.3) is 10.8 Å². The summed E-state index contributed by atoms with van der Waals surface area (Å²) in [6.45, 7) is 6.65. The predicted molar refractivity (Wildman–Crippen MR) is 109 cm³/mol. The highest BCUT2D eigenvalue weighted by molar-refractivity contribution is 6.02. The molecule has 4 rings (SSSR count). The van der Waals surface area contributed by atoms with Crippen molar-refractivity contribution in [1.29, 1.82) is 0 Å². The van der Waals surface area contributed by atoms with E-state index in [1.54, 1.807) is 0 Å². The standard InChI is InChI=1S/C23H24N2O2/c1-4-25-22(24-19-12-8-7-11-18(19)23(25)26)21-17-10-6-5-9-16(17)13-14-20(21)27-15(2)3/h5-15,22,24H,4H2,1-3H3. The van der Waals surface area contributed by atoms with E-state index in [1.165, 1.54) is 0 Å². The summed E-state index contributed by atoms with van der Waals surface area (Å²) in [6, 6.07) is 20.0. The van der Waals surface area contributed by atoms with Crippen LogP contribution in [0.1, 0.15) is 42.9 Å². The molecular weight excluding hydrogens is 336 g/mol. The van der Waals surface area contributed by atoms with E-state index in [2.05, 4.69) is 23.5 Å². The van der Waals surface area contributed by atoms with E-state index in [-0.39, 0.29) is 18.2 Å². The molecule has 27 heavy (non-hydrogen) atoms. The molecule has 0 spiro atoms. The maximum absolute atomic E-state index is 13.1. The molecule has 1 aliphatic rings. The first-order valence-electron chi connectivity index (χ1n) is 9.45. The van der Waals surface area contributed by atoms with Gasteiger partial charge in [0.15, 0.2) is 0 Å². The Kier molecular flexibility index (Phi) is 4.48. The molecule has 0 aromatic heterocycles. The van der Waals surface area contributed by atoms with Crippen molar-refractivity contribution in [1.82, 2.24) is 4.90 Å². The summed E-state index contributed by atoms with van der Waals surface area (Å²) in [5.74, 6) is 0.854. The number of carbonyl (C=O) groups excluding carboxylic acids is 1. The van der Waals surface area contributed by atoms with Crippen molar-refractivity contribution in [2.75, 3.05) is 11.9 Å². The molecule has 1 amide bonds. The van der Waals surface area contributed by atoms with Crippen LogP contribution in [0.4, 0.5) is 5.69 Å². The summed E-state index contributed by atoms with van der Waals surface area (Å²) < 4.78 is 6.14. The lowest BCUT2D eigenvalue weighted by atomic mass is 9.97. The summed E-state index contributed by atoms with van der Waals surface area (Å²) in [4.78, 5) is 15.0. The van der Waals surface area contributed by atoms with Gasteiger partial charge in [0.05, 0.1) is 11.7 Å². The maximum Gasteiger partial charge on any atom is 0.257 e. The van der Waals surface area contributed by atoms with Crippen LogP contribution in [-0.4, -0.2) is 23.5 Å². The Balaban J connectivity index is 1.93. The van der Waals surface area contributed by atoms with E-state index in [0.29, 0.717) is 12.1 Å². The van der Waals surface area contributed by atoms with Crippen molar-refractivity contribution >= 4 is 22.4 Å². The minimum atomic E-state index is -0.280. The number of nitrogens with one attached hydrogen (secondary N) is 1. The third-order valence-corrected chi connectivity index (χ3v) is 4.93. The Labute approximate surface area is 159 Å². The molecule has 3 aromatic rings. The van der Waals surface area contributed by atoms with Crippen LogP contribution >= 0.6 is 0 Å². The highest BCUT2D eigenvalue weighted by atomic mass is 16.5. The van der Waals surface area contributed by atoms with Gasteiger partial charge in [-0.05, 0) is 49.7 Å². The van der Waals surface area contributed by atoms with E-state index in [9.17, 15) is 4.79 Å². The number of nitrogens with zero attached hydrogens (tertiary/aromatic N) is 1. The SMILES string of the molecule is CCN1C(=O)c2ccccc2NC1c1c(OC(C)C)ccc2ccccc12. The second-order valence-electron chi connectivity index (χ2n) is 7.05. The number of anilines is 1. The molecule has 0 saturated heterocycles. The molecule has 3 aromatic carbocycles. The van der Waals surface area contributed by atoms with Crippen LogP contribution in [0.15, 0.2) is 60.7 Å². The van der Waals surface area contributed by atoms with E-state index >= 15 is 0 Å². The van der Waals surface area contributed by atoms with Crippen molar-refractivity contribution in [3.8, 4) is 5.75 Å². The van der Waals surface area contributed by atoms with Gasteiger partial charge in [-0.3, -0.25) is 4.79 Å². The zero-order valence-electron chi connectivity index (χ0n) is 15.9. The molecular formula is C23H24N2O2. The van der Waals surface area contributed by atoms with Crippen LogP contribution in [0.5, 0.6) is 5.75 Å². The summed E-state index contributed by atoms with van der Waals surface area (Å²) in [5, 5.41) is 5.80. The minimum absolute atomic E-state index is 0.0419. The molecule has 0 bridgehead atoms. The summed E-state index contributed by atoms with van der Waals surface area (Å²) >= 11 is 0. The van der Waals surface area contributed by atoms with Gasteiger partial charge in [-0.1, -0.05) is 42.5 Å². The fourth-order valence-corrected chi connectivity index (χ4v) is 3.76. The fourth-order valence-electron chi connectivity index (χ4n) is 3.76. The zero-order chi connectivity index (χ0) is 19.0. The molecule has 4 nitrogen and oxygen atoms in total. The van der Waals surface area contributed by atoms with Gasteiger partial charge < -0.3 is 15.0 Å². The highest BCUT2D eigenvalue weighted by Crippen LogP contribution is 2.40. The van der Waals surface area contributed by atoms with E-state index in [4.69, 9.17) is 4.74 Å². The molecule has 0 radical (unpaired) electrons. The van der Waals surface area contributed by atoms with E-state index < -0.39 is 0 Å². The second kappa shape index (κ2) is 6.95. The molecule has 0 aliphatic carbocycles. The minimum Gasteiger partial charge on any atom is -0.491 e. The Morgan fingerprint density at radius 2 is 1.78 bits per heavy atom.